The van der Waals surface area contributed by atoms with Crippen LogP contribution in [0.3, 0.4) is 0 Å². The van der Waals surface area contributed by atoms with E-state index in [1.54, 1.807) is 25.1 Å². The fourth-order valence-corrected chi connectivity index (χ4v) is 5.46. The normalized spacial score (nSPS) is 13.7. The smallest absolute Gasteiger partial charge is 0.475 e. The summed E-state index contributed by atoms with van der Waals surface area (Å²) in [6, 6.07) is 10.7. The van der Waals surface area contributed by atoms with Crippen LogP contribution in [-0.2, 0) is 14.8 Å². The van der Waals surface area contributed by atoms with Gasteiger partial charge in [-0.2, -0.15) is 13.2 Å². The highest BCUT2D eigenvalue weighted by Crippen LogP contribution is 2.31. The number of anilines is 2. The number of aryl methyl sites for hydroxylation is 2. The van der Waals surface area contributed by atoms with Gasteiger partial charge in [0.15, 0.2) is 0 Å². The predicted molar refractivity (Wildman–Crippen MR) is 148 cm³/mol. The number of carboxylic acid groups (broad SMARTS) is 1. The zero-order valence-electron chi connectivity index (χ0n) is 23.1. The summed E-state index contributed by atoms with van der Waals surface area (Å²) in [4.78, 5) is 26.3. The summed E-state index contributed by atoms with van der Waals surface area (Å²) in [7, 11) is -3.82. The summed E-state index contributed by atoms with van der Waals surface area (Å²) in [6.07, 6.45) is -3.14. The SMILES string of the molecule is CCCCN(CC)C(=O)c1ccc(N2CCNCC2)c(NS(=O)(=O)c2ccc(C)cc2C)c1.O=C(O)C(F)(F)F. The minimum absolute atomic E-state index is 0.0789. The van der Waals surface area contributed by atoms with Gasteiger partial charge in [0.25, 0.3) is 15.9 Å². The first-order chi connectivity index (χ1) is 18.7. The van der Waals surface area contributed by atoms with Crippen LogP contribution in [0.1, 0.15) is 48.2 Å². The Balaban J connectivity index is 0.000000708. The minimum atomic E-state index is -5.08. The van der Waals surface area contributed by atoms with E-state index in [4.69, 9.17) is 9.90 Å². The fraction of sp³-hybridized carbons (Fsp3) is 0.481. The molecule has 40 heavy (non-hydrogen) atoms. The number of hydrogen-bond acceptors (Lipinski definition) is 6. The summed E-state index contributed by atoms with van der Waals surface area (Å²) in [5.74, 6) is -2.84. The Kier molecular flexibility index (Phi) is 11.8. The van der Waals surface area contributed by atoms with Crippen molar-refractivity contribution in [2.24, 2.45) is 0 Å². The van der Waals surface area contributed by atoms with E-state index in [2.05, 4.69) is 21.9 Å². The molecule has 222 valence electrons. The van der Waals surface area contributed by atoms with E-state index in [9.17, 15) is 26.4 Å². The maximum absolute atomic E-state index is 13.3. The second-order valence-corrected chi connectivity index (χ2v) is 11.0. The number of alkyl halides is 3. The molecule has 1 heterocycles. The van der Waals surface area contributed by atoms with Gasteiger partial charge >= 0.3 is 12.1 Å². The molecule has 2 aromatic carbocycles. The van der Waals surface area contributed by atoms with Crippen LogP contribution in [0.25, 0.3) is 0 Å². The Hall–Kier alpha value is -3.32. The van der Waals surface area contributed by atoms with E-state index < -0.39 is 22.2 Å². The molecule has 13 heteroatoms. The van der Waals surface area contributed by atoms with E-state index in [0.29, 0.717) is 29.9 Å². The Morgan fingerprint density at radius 1 is 1.07 bits per heavy atom. The summed E-state index contributed by atoms with van der Waals surface area (Å²) >= 11 is 0. The molecule has 0 unspecified atom stereocenters. The molecule has 9 nitrogen and oxygen atoms in total. The molecule has 1 saturated heterocycles. The highest BCUT2D eigenvalue weighted by atomic mass is 32.2. The molecule has 1 fully saturated rings. The highest BCUT2D eigenvalue weighted by molar-refractivity contribution is 7.92. The molecule has 0 bridgehead atoms. The third-order valence-electron chi connectivity index (χ3n) is 6.26. The van der Waals surface area contributed by atoms with Gasteiger partial charge in [-0.1, -0.05) is 31.0 Å². The van der Waals surface area contributed by atoms with Crippen LogP contribution < -0.4 is 14.9 Å². The van der Waals surface area contributed by atoms with Gasteiger partial charge in [-0.3, -0.25) is 9.52 Å². The number of aliphatic carboxylic acids is 1. The lowest BCUT2D eigenvalue weighted by Crippen LogP contribution is -2.43. The van der Waals surface area contributed by atoms with Crippen LogP contribution in [0.2, 0.25) is 0 Å². The minimum Gasteiger partial charge on any atom is -0.475 e. The average molecular weight is 587 g/mol. The molecule has 2 aromatic rings. The number of sulfonamides is 1. The van der Waals surface area contributed by atoms with E-state index in [1.807, 2.05) is 36.9 Å². The lowest BCUT2D eigenvalue weighted by molar-refractivity contribution is -0.192. The molecule has 3 rings (SSSR count). The van der Waals surface area contributed by atoms with E-state index >= 15 is 0 Å². The third kappa shape index (κ3) is 9.12. The van der Waals surface area contributed by atoms with E-state index in [1.165, 1.54) is 0 Å². The molecule has 1 aliphatic rings. The average Bonchev–Trinajstić information content (AvgIpc) is 2.88. The molecule has 3 N–H and O–H groups in total. The Morgan fingerprint density at radius 3 is 2.23 bits per heavy atom. The second-order valence-electron chi connectivity index (χ2n) is 9.38. The van der Waals surface area contributed by atoms with Crippen molar-refractivity contribution in [3.05, 3.63) is 53.1 Å². The standard InChI is InChI=1S/C25H36N4O3S.C2HF3O2/c1-5-7-14-28(6-2)25(30)21-9-10-23(29-15-12-26-13-16-29)22(18-21)27-33(31,32)24-11-8-19(3)17-20(24)4;3-2(4,5)1(6)7/h8-11,17-18,26-27H,5-7,12-16H2,1-4H3;(H,6,7). The number of nitrogens with one attached hydrogen (secondary N) is 2. The maximum atomic E-state index is 13.3. The third-order valence-corrected chi connectivity index (χ3v) is 7.78. The number of amides is 1. The van der Waals surface area contributed by atoms with Crippen LogP contribution in [0, 0.1) is 13.8 Å². The molecule has 0 radical (unpaired) electrons. The van der Waals surface area contributed by atoms with Crippen molar-refractivity contribution < 1.29 is 36.3 Å². The van der Waals surface area contributed by atoms with Gasteiger partial charge in [0.05, 0.1) is 16.3 Å². The topological polar surface area (TPSA) is 119 Å². The second kappa shape index (κ2) is 14.4. The molecular formula is C27H37F3N4O5S. The maximum Gasteiger partial charge on any atom is 0.490 e. The fourth-order valence-electron chi connectivity index (χ4n) is 4.17. The van der Waals surface area contributed by atoms with Gasteiger partial charge in [-0.25, -0.2) is 13.2 Å². The number of piperazine rings is 1. The van der Waals surface area contributed by atoms with Crippen LogP contribution in [0.5, 0.6) is 0 Å². The zero-order chi connectivity index (χ0) is 30.1. The zero-order valence-corrected chi connectivity index (χ0v) is 24.0. The molecule has 0 atom stereocenters. The van der Waals surface area contributed by atoms with Crippen LogP contribution in [-0.4, -0.2) is 75.7 Å². The molecule has 0 aromatic heterocycles. The van der Waals surface area contributed by atoms with Crippen molar-refractivity contribution in [3.8, 4) is 0 Å². The number of rotatable bonds is 9. The first-order valence-corrected chi connectivity index (χ1v) is 14.5. The number of carbonyl (C=O) groups excluding carboxylic acids is 1. The van der Waals surface area contributed by atoms with Crippen molar-refractivity contribution in [1.82, 2.24) is 10.2 Å². The van der Waals surface area contributed by atoms with Crippen molar-refractivity contribution >= 4 is 33.3 Å². The monoisotopic (exact) mass is 586 g/mol. The van der Waals surface area contributed by atoms with Crippen LogP contribution in [0.4, 0.5) is 24.5 Å². The molecule has 1 aliphatic heterocycles. The molecular weight excluding hydrogens is 549 g/mol. The number of nitrogens with zero attached hydrogens (tertiary/aromatic N) is 2. The Morgan fingerprint density at radius 2 is 1.70 bits per heavy atom. The number of unbranched alkanes of at least 4 members (excludes halogenated alkanes) is 1. The predicted octanol–water partition coefficient (Wildman–Crippen LogP) is 4.41. The van der Waals surface area contributed by atoms with Crippen LogP contribution >= 0.6 is 0 Å². The van der Waals surface area contributed by atoms with Gasteiger partial charge in [0.1, 0.15) is 0 Å². The van der Waals surface area contributed by atoms with Crippen molar-refractivity contribution in [1.29, 1.82) is 0 Å². The van der Waals surface area contributed by atoms with E-state index in [-0.39, 0.29) is 10.8 Å². The number of hydrogen-bond donors (Lipinski definition) is 3. The molecule has 0 saturated carbocycles. The molecule has 0 aliphatic carbocycles. The highest BCUT2D eigenvalue weighted by Gasteiger charge is 2.38. The summed E-state index contributed by atoms with van der Waals surface area (Å²) in [5.41, 5.74) is 3.42. The van der Waals surface area contributed by atoms with Gasteiger partial charge in [-0.15, -0.1) is 0 Å². The first-order valence-electron chi connectivity index (χ1n) is 13.0. The van der Waals surface area contributed by atoms with Crippen LogP contribution in [0.15, 0.2) is 41.3 Å². The lowest BCUT2D eigenvalue weighted by atomic mass is 10.1. The lowest BCUT2D eigenvalue weighted by Gasteiger charge is -2.31. The summed E-state index contributed by atoms with van der Waals surface area (Å²) in [5, 5.41) is 10.4. The largest absolute Gasteiger partial charge is 0.490 e. The van der Waals surface area contributed by atoms with Gasteiger partial charge in [-0.05, 0) is 57.0 Å². The number of carboxylic acids is 1. The van der Waals surface area contributed by atoms with Crippen molar-refractivity contribution in [3.63, 3.8) is 0 Å². The first kappa shape index (κ1) is 32.9. The van der Waals surface area contributed by atoms with Crippen molar-refractivity contribution in [2.45, 2.75) is 51.6 Å². The Bertz CT molecular complexity index is 1280. The van der Waals surface area contributed by atoms with Crippen molar-refractivity contribution in [2.75, 3.05) is 48.9 Å². The molecule has 1 amide bonds. The van der Waals surface area contributed by atoms with Gasteiger partial charge in [0.2, 0.25) is 0 Å². The number of carbonyl (C=O) groups is 2. The van der Waals surface area contributed by atoms with Gasteiger partial charge in [0, 0.05) is 44.8 Å². The van der Waals surface area contributed by atoms with E-state index in [0.717, 1.165) is 50.3 Å². The molecule has 0 spiro atoms. The number of benzene rings is 2. The van der Waals surface area contributed by atoms with Gasteiger partial charge < -0.3 is 20.2 Å². The summed E-state index contributed by atoms with van der Waals surface area (Å²) in [6.45, 7) is 12.3. The summed E-state index contributed by atoms with van der Waals surface area (Å²) < 4.78 is 61.2. The quantitative estimate of drug-likeness (QED) is 0.398. The number of halogens is 3. The Labute approximate surface area is 233 Å².